The molecule has 0 amide bonds. The fourth-order valence-electron chi connectivity index (χ4n) is 2.14. The number of imidazole rings is 1. The molecular weight excluding hydrogens is 282 g/mol. The number of aromatic amines is 1. The summed E-state index contributed by atoms with van der Waals surface area (Å²) in [4.78, 5) is 22.6. The van der Waals surface area contributed by atoms with Gasteiger partial charge in [0.1, 0.15) is 11.6 Å². The molecule has 2 N–H and O–H groups in total. The van der Waals surface area contributed by atoms with E-state index in [1.807, 2.05) is 12.1 Å². The van der Waals surface area contributed by atoms with Crippen molar-refractivity contribution in [3.05, 3.63) is 54.5 Å². The highest BCUT2D eigenvalue weighted by molar-refractivity contribution is 5.94. The summed E-state index contributed by atoms with van der Waals surface area (Å²) in [6, 6.07) is 10.7. The van der Waals surface area contributed by atoms with Crippen LogP contribution in [0.4, 0.5) is 0 Å². The Balaban J connectivity index is 2.08. The molecular formula is C16H13N3O3. The predicted molar refractivity (Wildman–Crippen MR) is 80.8 cm³/mol. The third-order valence-corrected chi connectivity index (χ3v) is 3.24. The number of hydrogen-bond donors (Lipinski definition) is 2. The maximum absolute atomic E-state index is 11.4. The summed E-state index contributed by atoms with van der Waals surface area (Å²) in [6.45, 7) is 0. The Morgan fingerprint density at radius 3 is 2.36 bits per heavy atom. The van der Waals surface area contributed by atoms with Gasteiger partial charge in [-0.3, -0.25) is 4.98 Å². The molecule has 0 unspecified atom stereocenters. The summed E-state index contributed by atoms with van der Waals surface area (Å²) >= 11 is 0. The molecule has 3 rings (SSSR count). The molecule has 110 valence electrons. The molecule has 0 aliphatic rings. The number of aromatic carboxylic acids is 1. The monoisotopic (exact) mass is 295 g/mol. The molecule has 1 aromatic carbocycles. The first kappa shape index (κ1) is 13.8. The molecule has 2 heterocycles. The number of carbonyl (C=O) groups is 1. The quantitative estimate of drug-likeness (QED) is 0.772. The van der Waals surface area contributed by atoms with Crippen molar-refractivity contribution in [2.75, 3.05) is 7.11 Å². The summed E-state index contributed by atoms with van der Waals surface area (Å²) in [6.07, 6.45) is 3.21. The number of H-pyrrole nitrogens is 1. The normalized spacial score (nSPS) is 10.4. The Kier molecular flexibility index (Phi) is 3.57. The summed E-state index contributed by atoms with van der Waals surface area (Å²) in [7, 11) is 1.59. The van der Waals surface area contributed by atoms with Crippen LogP contribution in [-0.2, 0) is 0 Å². The van der Waals surface area contributed by atoms with Crippen LogP contribution in [0.1, 0.15) is 10.5 Å². The van der Waals surface area contributed by atoms with Gasteiger partial charge in [-0.05, 0) is 36.4 Å². The molecule has 6 nitrogen and oxygen atoms in total. The number of aromatic nitrogens is 3. The zero-order valence-corrected chi connectivity index (χ0v) is 11.8. The van der Waals surface area contributed by atoms with Gasteiger partial charge < -0.3 is 14.8 Å². The summed E-state index contributed by atoms with van der Waals surface area (Å²) < 4.78 is 5.11. The van der Waals surface area contributed by atoms with E-state index in [4.69, 9.17) is 4.74 Å². The van der Waals surface area contributed by atoms with Gasteiger partial charge in [0, 0.05) is 23.5 Å². The van der Waals surface area contributed by atoms with Gasteiger partial charge in [0.2, 0.25) is 0 Å². The first-order chi connectivity index (χ1) is 10.7. The second kappa shape index (κ2) is 5.69. The Morgan fingerprint density at radius 1 is 1.09 bits per heavy atom. The van der Waals surface area contributed by atoms with E-state index in [1.54, 1.807) is 43.8 Å². The summed E-state index contributed by atoms with van der Waals surface area (Å²) in [5.74, 6) is 0.137. The SMILES string of the molecule is COc1ccc(-c2nc(C(=O)O)c(-c3ccncc3)[nH]2)cc1. The number of rotatable bonds is 4. The third-order valence-electron chi connectivity index (χ3n) is 3.24. The fraction of sp³-hybridized carbons (Fsp3) is 0.0625. The zero-order valence-electron chi connectivity index (χ0n) is 11.8. The second-order valence-corrected chi connectivity index (χ2v) is 4.58. The number of benzene rings is 1. The lowest BCUT2D eigenvalue weighted by Crippen LogP contribution is -1.99. The van der Waals surface area contributed by atoms with E-state index in [0.717, 1.165) is 16.9 Å². The van der Waals surface area contributed by atoms with Crippen molar-refractivity contribution in [1.29, 1.82) is 0 Å². The van der Waals surface area contributed by atoms with Crippen molar-refractivity contribution < 1.29 is 14.6 Å². The van der Waals surface area contributed by atoms with Gasteiger partial charge in [0.25, 0.3) is 0 Å². The van der Waals surface area contributed by atoms with E-state index < -0.39 is 5.97 Å². The van der Waals surface area contributed by atoms with Gasteiger partial charge >= 0.3 is 5.97 Å². The van der Waals surface area contributed by atoms with E-state index in [2.05, 4.69) is 15.0 Å². The molecule has 0 saturated heterocycles. The van der Waals surface area contributed by atoms with Gasteiger partial charge in [-0.15, -0.1) is 0 Å². The molecule has 0 aliphatic heterocycles. The van der Waals surface area contributed by atoms with Crippen molar-refractivity contribution in [3.63, 3.8) is 0 Å². The van der Waals surface area contributed by atoms with Gasteiger partial charge in [-0.1, -0.05) is 0 Å². The van der Waals surface area contributed by atoms with Crippen LogP contribution in [0.3, 0.4) is 0 Å². The van der Waals surface area contributed by atoms with Crippen LogP contribution in [0.2, 0.25) is 0 Å². The van der Waals surface area contributed by atoms with Crippen LogP contribution < -0.4 is 4.74 Å². The van der Waals surface area contributed by atoms with Gasteiger partial charge in [-0.25, -0.2) is 9.78 Å². The van der Waals surface area contributed by atoms with Crippen LogP contribution in [0, 0.1) is 0 Å². The molecule has 0 aliphatic carbocycles. The van der Waals surface area contributed by atoms with Crippen LogP contribution in [0.25, 0.3) is 22.6 Å². The average Bonchev–Trinajstić information content (AvgIpc) is 3.01. The second-order valence-electron chi connectivity index (χ2n) is 4.58. The van der Waals surface area contributed by atoms with E-state index in [9.17, 15) is 9.90 Å². The number of methoxy groups -OCH3 is 1. The maximum Gasteiger partial charge on any atom is 0.356 e. The van der Waals surface area contributed by atoms with Crippen molar-refractivity contribution >= 4 is 5.97 Å². The first-order valence-corrected chi connectivity index (χ1v) is 6.57. The highest BCUT2D eigenvalue weighted by atomic mass is 16.5. The standard InChI is InChI=1S/C16H13N3O3/c1-22-12-4-2-11(3-5-12)15-18-13(14(19-15)16(20)21)10-6-8-17-9-7-10/h2-9H,1H3,(H,18,19)(H,20,21). The lowest BCUT2D eigenvalue weighted by molar-refractivity contribution is 0.0692. The number of nitrogens with one attached hydrogen (secondary N) is 1. The molecule has 0 radical (unpaired) electrons. The van der Waals surface area contributed by atoms with E-state index >= 15 is 0 Å². The van der Waals surface area contributed by atoms with Gasteiger partial charge in [0.15, 0.2) is 5.69 Å². The number of ether oxygens (including phenoxy) is 1. The summed E-state index contributed by atoms with van der Waals surface area (Å²) in [5.41, 5.74) is 1.95. The predicted octanol–water partition coefficient (Wildman–Crippen LogP) is 2.85. The molecule has 0 atom stereocenters. The zero-order chi connectivity index (χ0) is 15.5. The molecule has 0 bridgehead atoms. The van der Waals surface area contributed by atoms with Crippen LogP contribution in [-0.4, -0.2) is 33.1 Å². The molecule has 2 aromatic heterocycles. The largest absolute Gasteiger partial charge is 0.497 e. The number of carboxylic acids is 1. The molecule has 0 fully saturated rings. The van der Waals surface area contributed by atoms with Crippen molar-refractivity contribution in [3.8, 4) is 28.4 Å². The average molecular weight is 295 g/mol. The molecule has 6 heteroatoms. The van der Waals surface area contributed by atoms with Crippen molar-refractivity contribution in [2.45, 2.75) is 0 Å². The van der Waals surface area contributed by atoms with Crippen molar-refractivity contribution in [1.82, 2.24) is 15.0 Å². The van der Waals surface area contributed by atoms with E-state index in [-0.39, 0.29) is 5.69 Å². The van der Waals surface area contributed by atoms with Crippen LogP contribution >= 0.6 is 0 Å². The number of nitrogens with zero attached hydrogens (tertiary/aromatic N) is 2. The van der Waals surface area contributed by atoms with Gasteiger partial charge in [0.05, 0.1) is 12.8 Å². The first-order valence-electron chi connectivity index (χ1n) is 6.57. The number of carboxylic acid groups (broad SMARTS) is 1. The van der Waals surface area contributed by atoms with E-state index in [1.165, 1.54) is 0 Å². The van der Waals surface area contributed by atoms with Crippen molar-refractivity contribution in [2.24, 2.45) is 0 Å². The Bertz CT molecular complexity index is 795. The fourth-order valence-corrected chi connectivity index (χ4v) is 2.14. The lowest BCUT2D eigenvalue weighted by Gasteiger charge is -2.00. The lowest BCUT2D eigenvalue weighted by atomic mass is 10.1. The number of hydrogen-bond acceptors (Lipinski definition) is 4. The smallest absolute Gasteiger partial charge is 0.356 e. The third kappa shape index (κ3) is 2.54. The Hall–Kier alpha value is -3.15. The van der Waals surface area contributed by atoms with Crippen LogP contribution in [0.15, 0.2) is 48.8 Å². The highest BCUT2D eigenvalue weighted by Gasteiger charge is 2.18. The highest BCUT2D eigenvalue weighted by Crippen LogP contribution is 2.26. The molecule has 3 aromatic rings. The van der Waals surface area contributed by atoms with E-state index in [0.29, 0.717) is 11.5 Å². The number of pyridine rings is 1. The minimum absolute atomic E-state index is 0.0166. The minimum Gasteiger partial charge on any atom is -0.497 e. The maximum atomic E-state index is 11.4. The Morgan fingerprint density at radius 2 is 1.77 bits per heavy atom. The van der Waals surface area contributed by atoms with Gasteiger partial charge in [-0.2, -0.15) is 0 Å². The topological polar surface area (TPSA) is 88.1 Å². The molecule has 0 spiro atoms. The minimum atomic E-state index is -1.08. The molecule has 0 saturated carbocycles. The Labute approximate surface area is 126 Å². The molecule has 22 heavy (non-hydrogen) atoms. The van der Waals surface area contributed by atoms with Crippen LogP contribution in [0.5, 0.6) is 5.75 Å². The summed E-state index contributed by atoms with van der Waals surface area (Å²) in [5, 5.41) is 9.35.